The molecule has 1 aromatic rings. The second kappa shape index (κ2) is 7.94. The molecule has 0 radical (unpaired) electrons. The molecule has 1 heterocycles. The monoisotopic (exact) mass is 402 g/mol. The van der Waals surface area contributed by atoms with Crippen LogP contribution >= 0.6 is 0 Å². The highest BCUT2D eigenvalue weighted by atomic mass is 19.1. The molecule has 0 spiro atoms. The summed E-state index contributed by atoms with van der Waals surface area (Å²) in [6.45, 7) is 6.71. The number of alkyl halides is 1. The number of hydrogen-bond donors (Lipinski definition) is 4. The number of piperazine rings is 1. The van der Waals surface area contributed by atoms with Gasteiger partial charge >= 0.3 is 6.03 Å². The number of aryl methyl sites for hydroxylation is 2. The van der Waals surface area contributed by atoms with Crippen LogP contribution in [0.5, 0.6) is 0 Å². The van der Waals surface area contributed by atoms with E-state index in [4.69, 9.17) is 11.1 Å². The first-order valence-electron chi connectivity index (χ1n) is 9.84. The van der Waals surface area contributed by atoms with Crippen molar-refractivity contribution >= 4 is 17.6 Å². The van der Waals surface area contributed by atoms with Crippen molar-refractivity contribution in [2.45, 2.75) is 45.3 Å². The van der Waals surface area contributed by atoms with Gasteiger partial charge in [0.25, 0.3) is 5.91 Å². The van der Waals surface area contributed by atoms with Crippen molar-refractivity contribution in [1.82, 2.24) is 10.2 Å². The molecule has 3 rings (SSSR count). The zero-order valence-corrected chi connectivity index (χ0v) is 17.1. The lowest BCUT2D eigenvalue weighted by atomic mass is 9.79. The van der Waals surface area contributed by atoms with Crippen LogP contribution in [0, 0.1) is 19.3 Å². The van der Waals surface area contributed by atoms with Crippen LogP contribution in [0.4, 0.5) is 9.18 Å². The van der Waals surface area contributed by atoms with E-state index < -0.39 is 11.6 Å². The quantitative estimate of drug-likeness (QED) is 0.442. The van der Waals surface area contributed by atoms with Gasteiger partial charge in [0.15, 0.2) is 0 Å². The average molecular weight is 402 g/mol. The Bertz CT molecular complexity index is 885. The number of amides is 3. The molecule has 0 aromatic heterocycles. The Balaban J connectivity index is 1.78. The molecule has 0 bridgehead atoms. The highest BCUT2D eigenvalue weighted by Crippen LogP contribution is 2.35. The number of rotatable bonds is 4. The molecule has 0 atom stereocenters. The van der Waals surface area contributed by atoms with Gasteiger partial charge in [0, 0.05) is 24.4 Å². The van der Waals surface area contributed by atoms with Gasteiger partial charge in [0.05, 0.1) is 25.3 Å². The van der Waals surface area contributed by atoms with Crippen LogP contribution in [0.15, 0.2) is 29.5 Å². The lowest BCUT2D eigenvalue weighted by Gasteiger charge is -2.40. The maximum atomic E-state index is 13.7. The number of nitrogens with zero attached hydrogens (tertiary/aromatic N) is 1. The molecule has 1 aliphatic heterocycles. The second-order valence-electron chi connectivity index (χ2n) is 8.32. The number of carbonyl (C=O) groups excluding carboxylic acids is 2. The number of primary amides is 1. The van der Waals surface area contributed by atoms with Gasteiger partial charge in [-0.05, 0) is 38.0 Å². The first-order chi connectivity index (χ1) is 13.6. The Labute approximate surface area is 170 Å². The van der Waals surface area contributed by atoms with Gasteiger partial charge in [-0.2, -0.15) is 0 Å². The minimum absolute atomic E-state index is 0.0568. The summed E-state index contributed by atoms with van der Waals surface area (Å²) in [6, 6.07) is 5.12. The summed E-state index contributed by atoms with van der Waals surface area (Å²) < 4.78 is 13.7. The Kier molecular flexibility index (Phi) is 5.75. The van der Waals surface area contributed by atoms with Crippen LogP contribution in [-0.4, -0.2) is 53.9 Å². The molecular formula is C21H29FN5O2+. The van der Waals surface area contributed by atoms with Crippen LogP contribution in [0.2, 0.25) is 0 Å². The molecule has 7 nitrogen and oxygen atoms in total. The number of urea groups is 1. The number of nitrogens with one attached hydrogen (secondary N) is 2. The van der Waals surface area contributed by atoms with Crippen molar-refractivity contribution < 1.29 is 19.3 Å². The standard InChI is InChI=1S/C21H28FN5O2/c1-12-4-5-14(8-13(12)2)18(23)17(19(24)28)16-11-27(7-6-25-16)20(29)26-15-9-21(3,22)10-15/h4-5,8,15,23,25H,6-7,9-11H2,1-3H3,(H2,24,28)(H,26,29)/p+1/b17-16+,23-18?. The maximum Gasteiger partial charge on any atom is 0.318 e. The number of halogens is 1. The smallest absolute Gasteiger partial charge is 0.318 e. The van der Waals surface area contributed by atoms with Gasteiger partial charge in [0.2, 0.25) is 0 Å². The molecule has 1 aliphatic carbocycles. The fourth-order valence-electron chi connectivity index (χ4n) is 3.92. The van der Waals surface area contributed by atoms with Crippen LogP contribution in [0.3, 0.4) is 0 Å². The molecule has 156 valence electrons. The summed E-state index contributed by atoms with van der Waals surface area (Å²) in [5.41, 5.74) is 7.91. The summed E-state index contributed by atoms with van der Waals surface area (Å²) in [6.07, 6.45) is 0.622. The minimum atomic E-state index is -1.21. The van der Waals surface area contributed by atoms with Crippen LogP contribution in [0.25, 0.3) is 0 Å². The van der Waals surface area contributed by atoms with Gasteiger partial charge < -0.3 is 21.3 Å². The molecule has 2 fully saturated rings. The maximum absolute atomic E-state index is 13.7. The molecule has 2 aliphatic rings. The highest BCUT2D eigenvalue weighted by molar-refractivity contribution is 6.26. The molecule has 0 unspecified atom stereocenters. The number of nitrogens with two attached hydrogens (primary N) is 2. The fraction of sp³-hybridized carbons (Fsp3) is 0.476. The van der Waals surface area contributed by atoms with E-state index in [1.165, 1.54) is 6.92 Å². The first-order valence-corrected chi connectivity index (χ1v) is 9.84. The number of benzene rings is 1. The Morgan fingerprint density at radius 2 is 2.00 bits per heavy atom. The van der Waals surface area contributed by atoms with Crippen molar-refractivity contribution in [3.8, 4) is 0 Å². The summed E-state index contributed by atoms with van der Waals surface area (Å²) >= 11 is 0. The molecule has 29 heavy (non-hydrogen) atoms. The topological polar surface area (TPSA) is 116 Å². The van der Waals surface area contributed by atoms with Gasteiger partial charge in [-0.1, -0.05) is 12.1 Å². The summed E-state index contributed by atoms with van der Waals surface area (Å²) in [7, 11) is 0. The zero-order chi connectivity index (χ0) is 21.3. The van der Waals surface area contributed by atoms with Crippen molar-refractivity contribution in [2.24, 2.45) is 5.73 Å². The average Bonchev–Trinajstić information content (AvgIpc) is 2.62. The van der Waals surface area contributed by atoms with Crippen molar-refractivity contribution in [2.75, 3.05) is 19.6 Å². The summed E-state index contributed by atoms with van der Waals surface area (Å²) in [4.78, 5) is 26.3. The van der Waals surface area contributed by atoms with E-state index in [-0.39, 0.29) is 29.9 Å². The van der Waals surface area contributed by atoms with E-state index in [9.17, 15) is 14.0 Å². The first kappa shape index (κ1) is 21.0. The Morgan fingerprint density at radius 3 is 2.59 bits per heavy atom. The van der Waals surface area contributed by atoms with Crippen molar-refractivity contribution in [1.29, 1.82) is 5.41 Å². The zero-order valence-electron chi connectivity index (χ0n) is 17.1. The molecule has 1 saturated carbocycles. The lowest BCUT2D eigenvalue weighted by Crippen LogP contribution is -2.88. The largest absolute Gasteiger partial charge is 0.365 e. The third-order valence-electron chi connectivity index (χ3n) is 5.72. The van der Waals surface area contributed by atoms with Gasteiger partial charge in [0.1, 0.15) is 16.9 Å². The van der Waals surface area contributed by atoms with Crippen molar-refractivity contribution in [3.05, 3.63) is 46.2 Å². The van der Waals surface area contributed by atoms with Gasteiger partial charge in [-0.3, -0.25) is 10.2 Å². The second-order valence-corrected chi connectivity index (χ2v) is 8.32. The number of quaternary nitrogens is 1. The van der Waals surface area contributed by atoms with Crippen LogP contribution in [0.1, 0.15) is 36.5 Å². The van der Waals surface area contributed by atoms with Crippen molar-refractivity contribution in [3.63, 3.8) is 0 Å². The molecule has 8 heteroatoms. The Morgan fingerprint density at radius 1 is 1.31 bits per heavy atom. The molecule has 6 N–H and O–H groups in total. The summed E-state index contributed by atoms with van der Waals surface area (Å²) in [5, 5.41) is 13.3. The number of hydrogen-bond acceptors (Lipinski definition) is 3. The fourth-order valence-corrected chi connectivity index (χ4v) is 3.92. The van der Waals surface area contributed by atoms with E-state index in [1.807, 2.05) is 31.3 Å². The van der Waals surface area contributed by atoms with Gasteiger partial charge in [-0.15, -0.1) is 0 Å². The molecule has 1 saturated heterocycles. The molecule has 3 amide bonds. The lowest BCUT2D eigenvalue weighted by molar-refractivity contribution is -0.615. The van der Waals surface area contributed by atoms with E-state index in [0.29, 0.717) is 37.2 Å². The normalized spacial score (nSPS) is 25.8. The highest BCUT2D eigenvalue weighted by Gasteiger charge is 2.42. The third-order valence-corrected chi connectivity index (χ3v) is 5.72. The van der Waals surface area contributed by atoms with E-state index in [1.54, 1.807) is 11.0 Å². The summed E-state index contributed by atoms with van der Waals surface area (Å²) in [5.74, 6) is -0.686. The molecule has 1 aromatic carbocycles. The van der Waals surface area contributed by atoms with Crippen LogP contribution in [-0.2, 0) is 4.79 Å². The van der Waals surface area contributed by atoms with Gasteiger partial charge in [-0.25, -0.2) is 9.18 Å². The predicted molar refractivity (Wildman–Crippen MR) is 108 cm³/mol. The van der Waals surface area contributed by atoms with E-state index in [2.05, 4.69) is 5.32 Å². The minimum Gasteiger partial charge on any atom is -0.365 e. The van der Waals surface area contributed by atoms with Crippen LogP contribution < -0.4 is 16.4 Å². The van der Waals surface area contributed by atoms with E-state index >= 15 is 0 Å². The third kappa shape index (κ3) is 4.64. The van der Waals surface area contributed by atoms with E-state index in [0.717, 1.165) is 11.1 Å². The predicted octanol–water partition coefficient (Wildman–Crippen LogP) is 0.890. The number of carbonyl (C=O) groups is 2. The SMILES string of the molecule is Cc1ccc(C(=N)/C(C(N)=O)=C2/CN(C(=O)NC3CC(C)(F)C3)CC[NH2+]2)cc1C. The molecular weight excluding hydrogens is 373 g/mol. The Hall–Kier alpha value is -2.74.